The zero-order valence-electron chi connectivity index (χ0n) is 40.1. The maximum atomic E-state index is 14.6. The van der Waals surface area contributed by atoms with Crippen LogP contribution in [0.15, 0.2) is 114 Å². The van der Waals surface area contributed by atoms with Crippen LogP contribution in [-0.2, 0) is 4.79 Å². The molecule has 0 aliphatic heterocycles. The number of H-pyrrole nitrogens is 4. The number of aliphatic carboxylic acids is 1. The lowest BCUT2D eigenvalue weighted by Crippen LogP contribution is -2.41. The molecular weight excluding hydrogens is 1100 g/mol. The summed E-state index contributed by atoms with van der Waals surface area (Å²) in [5.74, 6) is -5.26. The monoisotopic (exact) mass is 1140 g/mol. The number of amides is 4. The number of nitrogens with zero attached hydrogens (tertiary/aromatic N) is 6. The number of carbonyl (C=O) groups excluding carboxylic acids is 4. The number of carboxylic acids is 1. The largest absolute Gasteiger partial charge is 0.480 e. The van der Waals surface area contributed by atoms with Gasteiger partial charge in [0, 0.05) is 84.7 Å². The molecule has 0 aliphatic rings. The van der Waals surface area contributed by atoms with E-state index in [1.54, 1.807) is 19.0 Å². The first-order valence-corrected chi connectivity index (χ1v) is 25.9. The number of nitrogens with one attached hydrogen (secondary N) is 8. The molecule has 4 amide bonds. The molecule has 402 valence electrons. The Kier molecular flexibility index (Phi) is 16.1. The SMILES string of the molecule is CN(C)C=Nc1csc(C(=O)Nc2csc(C(=O)Nc3csc(C(=O)Nc4csc(C(=O)N[C@@H](CCCCN)C(=O)O)c4-n4ccc(=O)[nH]c4=O)c3-n3ccc(=O)[nH]c3=O)c2-n2ccc(=O)[nH]c2=O)c1-n1ccc(=O)[nH]c1=O. The summed E-state index contributed by atoms with van der Waals surface area (Å²) in [5.41, 5.74) is -3.20. The molecule has 11 N–H and O–H groups in total. The molecule has 33 heteroatoms. The molecule has 0 spiro atoms. The van der Waals surface area contributed by atoms with Crippen LogP contribution in [0.1, 0.15) is 57.9 Å². The fourth-order valence-corrected chi connectivity index (χ4v) is 10.9. The summed E-state index contributed by atoms with van der Waals surface area (Å²) in [6.07, 6.45) is 6.40. The standard InChI is InChI=1S/C45H39N15O14S4/c1-56(2)19-47-21-15-75-33(29(21)57-11-6-25(61)52-42(57)71)38(66)49-23-17-77-35(31(23)59-13-8-27(63)54-44(59)73)40(68)51-24-18-78-36(32(24)60-14-9-28(64)55-45(60)74)39(67)50-22-16-76-34(30(22)58-12-7-26(62)53-43(58)72)37(65)48-20(41(69)70)5-3-4-10-46/h6-9,11-20H,3-5,10,46H2,1-2H3,(H,48,65)(H,49,66)(H,50,67)(H,51,68)(H,69,70)(H,52,61,71)(H,53,62,72)(H,54,63,73)(H,55,64,74)/t20-/m0/s1. The van der Waals surface area contributed by atoms with Gasteiger partial charge in [-0.05, 0) is 25.8 Å². The van der Waals surface area contributed by atoms with Gasteiger partial charge in [-0.15, -0.1) is 45.3 Å². The fraction of sp³-hybridized carbons (Fsp3) is 0.156. The van der Waals surface area contributed by atoms with Gasteiger partial charge in [-0.3, -0.25) is 76.6 Å². The van der Waals surface area contributed by atoms with Gasteiger partial charge >= 0.3 is 28.7 Å². The van der Waals surface area contributed by atoms with Crippen LogP contribution in [0.5, 0.6) is 0 Å². The Hall–Kier alpha value is -9.70. The minimum Gasteiger partial charge on any atom is -0.480 e. The average Bonchev–Trinajstić information content (AvgIpc) is 4.33. The maximum absolute atomic E-state index is 14.6. The van der Waals surface area contributed by atoms with E-state index in [0.717, 1.165) is 78.7 Å². The second-order valence-electron chi connectivity index (χ2n) is 16.4. The van der Waals surface area contributed by atoms with Crippen molar-refractivity contribution in [3.63, 3.8) is 0 Å². The van der Waals surface area contributed by atoms with Crippen molar-refractivity contribution in [2.24, 2.45) is 10.7 Å². The minimum atomic E-state index is -1.39. The normalized spacial score (nSPS) is 11.6. The first-order chi connectivity index (χ1) is 37.2. The number of aliphatic imine (C=N–C) groups is 1. The van der Waals surface area contributed by atoms with Crippen LogP contribution in [0.4, 0.5) is 22.7 Å². The summed E-state index contributed by atoms with van der Waals surface area (Å²) in [6, 6.07) is 2.52. The van der Waals surface area contributed by atoms with Gasteiger partial charge in [0.25, 0.3) is 45.9 Å². The quantitative estimate of drug-likeness (QED) is 0.0301. The summed E-state index contributed by atoms with van der Waals surface area (Å²) in [4.78, 5) is 184. The smallest absolute Gasteiger partial charge is 0.333 e. The molecule has 78 heavy (non-hydrogen) atoms. The fourth-order valence-electron chi connectivity index (χ4n) is 7.41. The highest BCUT2D eigenvalue weighted by Crippen LogP contribution is 2.38. The van der Waals surface area contributed by atoms with Crippen molar-refractivity contribution in [2.45, 2.75) is 25.3 Å². The van der Waals surface area contributed by atoms with Crippen LogP contribution >= 0.6 is 45.3 Å². The van der Waals surface area contributed by atoms with Crippen molar-refractivity contribution >= 4 is 104 Å². The number of rotatable bonds is 19. The second-order valence-corrected chi connectivity index (χ2v) is 19.9. The molecule has 29 nitrogen and oxygen atoms in total. The first kappa shape index (κ1) is 54.6. The number of carbonyl (C=O) groups is 5. The van der Waals surface area contributed by atoms with Crippen molar-refractivity contribution in [2.75, 3.05) is 36.6 Å². The van der Waals surface area contributed by atoms with E-state index in [9.17, 15) is 67.4 Å². The lowest BCUT2D eigenvalue weighted by Gasteiger charge is -2.16. The molecule has 0 saturated carbocycles. The number of hydrogen-bond donors (Lipinski definition) is 10. The van der Waals surface area contributed by atoms with Crippen molar-refractivity contribution in [1.29, 1.82) is 0 Å². The molecule has 8 heterocycles. The van der Waals surface area contributed by atoms with E-state index in [1.807, 2.05) is 0 Å². The molecule has 0 saturated heterocycles. The number of anilines is 3. The highest BCUT2D eigenvalue weighted by Gasteiger charge is 2.31. The molecular formula is C45H39N15O14S4. The van der Waals surface area contributed by atoms with Crippen LogP contribution < -0.4 is 72.0 Å². The van der Waals surface area contributed by atoms with Crippen LogP contribution in [0.2, 0.25) is 0 Å². The maximum Gasteiger partial charge on any atom is 0.333 e. The predicted octanol–water partition coefficient (Wildman–Crippen LogP) is 0.580. The number of hydrogen-bond acceptors (Lipinski definition) is 19. The number of carboxylic acid groups (broad SMARTS) is 1. The molecule has 0 fully saturated rings. The minimum absolute atomic E-state index is 0.00151. The Labute approximate surface area is 448 Å². The van der Waals surface area contributed by atoms with Crippen molar-refractivity contribution in [1.82, 2.24) is 48.4 Å². The van der Waals surface area contributed by atoms with E-state index in [4.69, 9.17) is 5.73 Å². The summed E-state index contributed by atoms with van der Waals surface area (Å²) in [5, 5.41) is 25.4. The van der Waals surface area contributed by atoms with E-state index in [-0.39, 0.29) is 78.0 Å². The molecule has 0 aromatic carbocycles. The van der Waals surface area contributed by atoms with E-state index in [0.29, 0.717) is 46.9 Å². The average molecular weight is 1140 g/mol. The molecule has 8 rings (SSSR count). The zero-order chi connectivity index (χ0) is 56.1. The van der Waals surface area contributed by atoms with E-state index < -0.39 is 80.6 Å². The Bertz CT molecular complexity index is 4230. The van der Waals surface area contributed by atoms with Crippen LogP contribution in [0.3, 0.4) is 0 Å². The van der Waals surface area contributed by atoms with Gasteiger partial charge in [0.05, 0.1) is 46.2 Å². The number of thiophene rings is 4. The number of nitrogens with two attached hydrogens (primary N) is 1. The lowest BCUT2D eigenvalue weighted by molar-refractivity contribution is -0.139. The van der Waals surface area contributed by atoms with Crippen molar-refractivity contribution < 1.29 is 29.1 Å². The molecule has 0 unspecified atom stereocenters. The summed E-state index contributed by atoms with van der Waals surface area (Å²) in [7, 11) is 3.36. The third kappa shape index (κ3) is 11.6. The highest BCUT2D eigenvalue weighted by molar-refractivity contribution is 7.14. The zero-order valence-corrected chi connectivity index (χ0v) is 43.3. The van der Waals surface area contributed by atoms with E-state index in [2.05, 4.69) is 46.2 Å². The van der Waals surface area contributed by atoms with Gasteiger partial charge in [0.15, 0.2) is 0 Å². The lowest BCUT2D eigenvalue weighted by atomic mass is 10.1. The van der Waals surface area contributed by atoms with E-state index >= 15 is 0 Å². The van der Waals surface area contributed by atoms with Gasteiger partial charge in [0.1, 0.15) is 31.2 Å². The first-order valence-electron chi connectivity index (χ1n) is 22.4. The van der Waals surface area contributed by atoms with Gasteiger partial charge in [-0.2, -0.15) is 0 Å². The van der Waals surface area contributed by atoms with E-state index in [1.165, 1.54) is 27.9 Å². The predicted molar refractivity (Wildman–Crippen MR) is 290 cm³/mol. The van der Waals surface area contributed by atoms with Crippen LogP contribution in [-0.4, -0.2) is 111 Å². The Morgan fingerprint density at radius 2 is 0.910 bits per heavy atom. The Morgan fingerprint density at radius 3 is 1.26 bits per heavy atom. The summed E-state index contributed by atoms with van der Waals surface area (Å²) >= 11 is 2.92. The summed E-state index contributed by atoms with van der Waals surface area (Å²) < 4.78 is 3.48. The third-order valence-corrected chi connectivity index (χ3v) is 14.7. The molecule has 0 aliphatic carbocycles. The molecule has 8 aromatic heterocycles. The van der Waals surface area contributed by atoms with Crippen molar-refractivity contribution in [3.05, 3.63) is 173 Å². The number of aromatic nitrogens is 8. The number of aromatic amines is 4. The van der Waals surface area contributed by atoms with Crippen LogP contribution in [0.25, 0.3) is 22.7 Å². The molecule has 0 radical (unpaired) electrons. The highest BCUT2D eigenvalue weighted by atomic mass is 32.1. The topological polar surface area (TPSA) is 415 Å². The second kappa shape index (κ2) is 23.0. The Morgan fingerprint density at radius 1 is 0.564 bits per heavy atom. The Balaban J connectivity index is 1.19. The van der Waals surface area contributed by atoms with Gasteiger partial charge < -0.3 is 37.0 Å². The van der Waals surface area contributed by atoms with Gasteiger partial charge in [0.2, 0.25) is 0 Å². The molecule has 0 bridgehead atoms. The third-order valence-electron chi connectivity index (χ3n) is 10.8. The summed E-state index contributed by atoms with van der Waals surface area (Å²) in [6.45, 7) is 0.269. The number of unbranched alkanes of at least 4 members (excludes halogenated alkanes) is 1. The van der Waals surface area contributed by atoms with Crippen molar-refractivity contribution in [3.8, 4) is 22.7 Å². The molecule has 8 aromatic rings. The van der Waals surface area contributed by atoms with Gasteiger partial charge in [-0.1, -0.05) is 0 Å². The van der Waals surface area contributed by atoms with Gasteiger partial charge in [-0.25, -0.2) is 29.0 Å². The molecule has 1 atom stereocenters. The van der Waals surface area contributed by atoms with Crippen LogP contribution in [0, 0.1) is 0 Å².